The maximum Gasteiger partial charge on any atom is 0.252 e. The zero-order valence-electron chi connectivity index (χ0n) is 11.6. The highest BCUT2D eigenvalue weighted by atomic mass is 32.2. The fourth-order valence-electron chi connectivity index (χ4n) is 2.23. The fraction of sp³-hybridized carbons (Fsp3) is 0.583. The lowest BCUT2D eigenvalue weighted by atomic mass is 9.94. The third-order valence-corrected chi connectivity index (χ3v) is 6.47. The zero-order valence-corrected chi connectivity index (χ0v) is 13.2. The number of nitrogens with two attached hydrogens (primary N) is 1. The van der Waals surface area contributed by atoms with Crippen molar-refractivity contribution in [3.05, 3.63) is 16.5 Å². The molecule has 112 valence electrons. The molecule has 2 heterocycles. The molecule has 0 saturated carbocycles. The molecule has 1 aliphatic heterocycles. The van der Waals surface area contributed by atoms with Gasteiger partial charge in [0.1, 0.15) is 4.21 Å². The average Bonchev–Trinajstić information content (AvgIpc) is 2.83. The summed E-state index contributed by atoms with van der Waals surface area (Å²) < 4.78 is 28.3. The van der Waals surface area contributed by atoms with Crippen LogP contribution >= 0.6 is 11.3 Å². The van der Waals surface area contributed by atoms with Crippen molar-refractivity contribution >= 4 is 27.3 Å². The van der Waals surface area contributed by atoms with Gasteiger partial charge in [-0.15, -0.1) is 11.3 Å². The number of carbonyl (C=O) groups is 1. The number of sulfonamides is 1. The van der Waals surface area contributed by atoms with Crippen LogP contribution in [0, 0.1) is 6.92 Å². The molecule has 1 saturated heterocycles. The van der Waals surface area contributed by atoms with E-state index in [1.54, 1.807) is 6.92 Å². The Kier molecular flexibility index (Phi) is 3.94. The van der Waals surface area contributed by atoms with Crippen LogP contribution in [0.4, 0.5) is 0 Å². The molecule has 1 fully saturated rings. The first-order chi connectivity index (χ1) is 9.15. The summed E-state index contributed by atoms with van der Waals surface area (Å²) in [5.74, 6) is -0.298. The van der Waals surface area contributed by atoms with Gasteiger partial charge in [0.25, 0.3) is 5.91 Å². The molecule has 0 aromatic carbocycles. The maximum absolute atomic E-state index is 12.3. The monoisotopic (exact) mass is 318 g/mol. The van der Waals surface area contributed by atoms with Crippen molar-refractivity contribution in [2.24, 2.45) is 5.14 Å². The molecular weight excluding hydrogens is 300 g/mol. The first kappa shape index (κ1) is 15.4. The van der Waals surface area contributed by atoms with Crippen molar-refractivity contribution in [3.8, 4) is 0 Å². The SMILES string of the molecule is Cc1c(C(=O)NC2(C)CCOC2C)csc1S(N)(=O)=O. The molecule has 0 radical (unpaired) electrons. The van der Waals surface area contributed by atoms with Crippen molar-refractivity contribution in [1.29, 1.82) is 0 Å². The van der Waals surface area contributed by atoms with Gasteiger partial charge in [0.15, 0.2) is 0 Å². The number of hydrogen-bond donors (Lipinski definition) is 2. The Morgan fingerprint density at radius 2 is 2.25 bits per heavy atom. The Hall–Kier alpha value is -0.960. The smallest absolute Gasteiger partial charge is 0.252 e. The number of primary sulfonamides is 1. The first-order valence-electron chi connectivity index (χ1n) is 6.20. The van der Waals surface area contributed by atoms with E-state index in [1.165, 1.54) is 5.38 Å². The molecule has 0 spiro atoms. The molecule has 2 unspecified atom stereocenters. The van der Waals surface area contributed by atoms with Gasteiger partial charge >= 0.3 is 0 Å². The van der Waals surface area contributed by atoms with Crippen LogP contribution in [0.1, 0.15) is 36.2 Å². The molecule has 8 heteroatoms. The van der Waals surface area contributed by atoms with E-state index in [-0.39, 0.29) is 16.2 Å². The molecule has 6 nitrogen and oxygen atoms in total. The minimum Gasteiger partial charge on any atom is -0.376 e. The second-order valence-electron chi connectivity index (χ2n) is 5.24. The van der Waals surface area contributed by atoms with Gasteiger partial charge in [-0.3, -0.25) is 4.79 Å². The van der Waals surface area contributed by atoms with Crippen LogP contribution in [-0.2, 0) is 14.8 Å². The number of carbonyl (C=O) groups excluding carboxylic acids is 1. The lowest BCUT2D eigenvalue weighted by Crippen LogP contribution is -2.50. The van der Waals surface area contributed by atoms with E-state index in [0.29, 0.717) is 17.7 Å². The lowest BCUT2D eigenvalue weighted by Gasteiger charge is -2.28. The highest BCUT2D eigenvalue weighted by molar-refractivity contribution is 7.91. The summed E-state index contributed by atoms with van der Waals surface area (Å²) in [5.41, 5.74) is 0.303. The van der Waals surface area contributed by atoms with Crippen molar-refractivity contribution < 1.29 is 17.9 Å². The third-order valence-electron chi connectivity index (χ3n) is 3.78. The van der Waals surface area contributed by atoms with Crippen LogP contribution in [0.3, 0.4) is 0 Å². The number of hydrogen-bond acceptors (Lipinski definition) is 5. The number of ether oxygens (including phenoxy) is 1. The summed E-state index contributed by atoms with van der Waals surface area (Å²) in [6, 6.07) is 0. The number of nitrogens with one attached hydrogen (secondary N) is 1. The summed E-state index contributed by atoms with van der Waals surface area (Å²) >= 11 is 0.964. The van der Waals surface area contributed by atoms with Crippen LogP contribution in [0.15, 0.2) is 9.59 Å². The second-order valence-corrected chi connectivity index (χ2v) is 7.88. The van der Waals surface area contributed by atoms with Gasteiger partial charge in [0.2, 0.25) is 10.0 Å². The predicted octanol–water partition coefficient (Wildman–Crippen LogP) is 1.00. The van der Waals surface area contributed by atoms with E-state index in [1.807, 2.05) is 13.8 Å². The average molecular weight is 318 g/mol. The normalized spacial score (nSPS) is 26.7. The van der Waals surface area contributed by atoms with Gasteiger partial charge in [0, 0.05) is 12.0 Å². The molecule has 3 N–H and O–H groups in total. The van der Waals surface area contributed by atoms with Crippen molar-refractivity contribution in [2.45, 2.75) is 43.0 Å². The van der Waals surface area contributed by atoms with E-state index < -0.39 is 15.6 Å². The Morgan fingerprint density at radius 1 is 1.60 bits per heavy atom. The third kappa shape index (κ3) is 2.73. The largest absolute Gasteiger partial charge is 0.376 e. The minimum absolute atomic E-state index is 0.0310. The summed E-state index contributed by atoms with van der Waals surface area (Å²) in [7, 11) is -3.79. The van der Waals surface area contributed by atoms with Crippen LogP contribution in [0.2, 0.25) is 0 Å². The van der Waals surface area contributed by atoms with E-state index >= 15 is 0 Å². The van der Waals surface area contributed by atoms with E-state index in [0.717, 1.165) is 17.8 Å². The second kappa shape index (κ2) is 5.10. The standard InChI is InChI=1S/C12H18N2O4S2/c1-7-9(6-19-11(7)20(13,16)17)10(15)14-12(3)4-5-18-8(12)2/h6,8H,4-5H2,1-3H3,(H,14,15)(H2,13,16,17). The van der Waals surface area contributed by atoms with Crippen LogP contribution in [0.5, 0.6) is 0 Å². The fourth-order valence-corrected chi connectivity index (χ4v) is 4.24. The van der Waals surface area contributed by atoms with E-state index in [2.05, 4.69) is 5.32 Å². The topological polar surface area (TPSA) is 98.5 Å². The van der Waals surface area contributed by atoms with Crippen molar-refractivity contribution in [2.75, 3.05) is 6.61 Å². The molecule has 1 aliphatic rings. The molecule has 20 heavy (non-hydrogen) atoms. The number of thiophene rings is 1. The highest BCUT2D eigenvalue weighted by Crippen LogP contribution is 2.28. The zero-order chi connectivity index (χ0) is 15.1. The van der Waals surface area contributed by atoms with Gasteiger partial charge in [-0.2, -0.15) is 0 Å². The summed E-state index contributed by atoms with van der Waals surface area (Å²) in [6.07, 6.45) is 0.647. The summed E-state index contributed by atoms with van der Waals surface area (Å²) in [4.78, 5) is 12.3. The van der Waals surface area contributed by atoms with Gasteiger partial charge in [-0.25, -0.2) is 13.6 Å². The van der Waals surface area contributed by atoms with E-state index in [4.69, 9.17) is 9.88 Å². The summed E-state index contributed by atoms with van der Waals surface area (Å²) in [6.45, 7) is 6.01. The predicted molar refractivity (Wildman–Crippen MR) is 76.3 cm³/mol. The number of rotatable bonds is 3. The van der Waals surface area contributed by atoms with Crippen molar-refractivity contribution in [1.82, 2.24) is 5.32 Å². The highest BCUT2D eigenvalue weighted by Gasteiger charge is 2.39. The molecule has 0 aliphatic carbocycles. The van der Waals surface area contributed by atoms with Crippen LogP contribution in [0.25, 0.3) is 0 Å². The van der Waals surface area contributed by atoms with Crippen LogP contribution in [-0.4, -0.2) is 32.6 Å². The van der Waals surface area contributed by atoms with E-state index in [9.17, 15) is 13.2 Å². The van der Waals surface area contributed by atoms with Crippen molar-refractivity contribution in [3.63, 3.8) is 0 Å². The molecule has 0 bridgehead atoms. The maximum atomic E-state index is 12.3. The molecule has 1 aromatic heterocycles. The van der Waals surface area contributed by atoms with Gasteiger partial charge in [-0.1, -0.05) is 0 Å². The number of amides is 1. The Morgan fingerprint density at radius 3 is 2.70 bits per heavy atom. The van der Waals surface area contributed by atoms with Crippen LogP contribution < -0.4 is 10.5 Å². The molecule has 1 amide bonds. The molecule has 2 rings (SSSR count). The Bertz CT molecular complexity index is 638. The lowest BCUT2D eigenvalue weighted by molar-refractivity contribution is 0.0727. The minimum atomic E-state index is -3.79. The Balaban J connectivity index is 2.25. The quantitative estimate of drug-likeness (QED) is 0.868. The molecule has 2 atom stereocenters. The first-order valence-corrected chi connectivity index (χ1v) is 8.63. The van der Waals surface area contributed by atoms with Gasteiger partial charge in [0.05, 0.1) is 17.2 Å². The Labute approximate surface area is 122 Å². The van der Waals surface area contributed by atoms with Gasteiger partial charge < -0.3 is 10.1 Å². The summed E-state index contributed by atoms with van der Waals surface area (Å²) in [5, 5.41) is 9.57. The molecular formula is C12H18N2O4S2. The van der Waals surface area contributed by atoms with Gasteiger partial charge in [-0.05, 0) is 32.8 Å². The molecule has 1 aromatic rings.